The molecule has 120 valence electrons. The van der Waals surface area contributed by atoms with Gasteiger partial charge in [-0.15, -0.1) is 11.3 Å². The topological polar surface area (TPSA) is 99.3 Å². The van der Waals surface area contributed by atoms with Crippen molar-refractivity contribution in [3.63, 3.8) is 0 Å². The van der Waals surface area contributed by atoms with E-state index in [1.807, 2.05) is 6.92 Å². The van der Waals surface area contributed by atoms with Crippen LogP contribution in [-0.2, 0) is 10.0 Å². The second-order valence-electron chi connectivity index (χ2n) is 5.20. The summed E-state index contributed by atoms with van der Waals surface area (Å²) in [5.41, 5.74) is 2.33. The molecule has 2 aromatic heterocycles. The predicted molar refractivity (Wildman–Crippen MR) is 89.9 cm³/mol. The molecule has 0 aliphatic rings. The highest BCUT2D eigenvalue weighted by molar-refractivity contribution is 7.94. The Labute approximate surface area is 136 Å². The summed E-state index contributed by atoms with van der Waals surface area (Å²) in [5, 5.41) is 11.5. The summed E-state index contributed by atoms with van der Waals surface area (Å²) >= 11 is 1.14. The number of benzene rings is 1. The number of thiophene rings is 1. The van der Waals surface area contributed by atoms with Gasteiger partial charge in [0.1, 0.15) is 9.90 Å². The zero-order valence-electron chi connectivity index (χ0n) is 12.4. The summed E-state index contributed by atoms with van der Waals surface area (Å²) in [7, 11) is -3.71. The SMILES string of the molecule is Cc1ccsc1S(=O)(=O)Nc1ccc(C)c2cc(C(=O)O)[nH]c12. The maximum absolute atomic E-state index is 12.5. The lowest BCUT2D eigenvalue weighted by Crippen LogP contribution is -2.13. The average Bonchev–Trinajstić information content (AvgIpc) is 3.09. The van der Waals surface area contributed by atoms with E-state index in [2.05, 4.69) is 9.71 Å². The molecule has 0 saturated heterocycles. The van der Waals surface area contributed by atoms with Gasteiger partial charge in [0.25, 0.3) is 10.0 Å². The van der Waals surface area contributed by atoms with Crippen LogP contribution < -0.4 is 4.72 Å². The first-order valence-corrected chi connectivity index (χ1v) is 9.08. The van der Waals surface area contributed by atoms with Crippen molar-refractivity contribution in [2.24, 2.45) is 0 Å². The number of anilines is 1. The smallest absolute Gasteiger partial charge is 0.352 e. The number of aryl methyl sites for hydroxylation is 2. The molecule has 0 unspecified atom stereocenters. The van der Waals surface area contributed by atoms with Crippen LogP contribution in [0.3, 0.4) is 0 Å². The Balaban J connectivity index is 2.12. The molecule has 3 N–H and O–H groups in total. The number of carbonyl (C=O) groups is 1. The Morgan fingerprint density at radius 3 is 2.57 bits per heavy atom. The van der Waals surface area contributed by atoms with Crippen molar-refractivity contribution >= 4 is 43.9 Å². The fourth-order valence-corrected chi connectivity index (χ4v) is 4.88. The largest absolute Gasteiger partial charge is 0.477 e. The molecule has 0 spiro atoms. The number of carboxylic acids is 1. The van der Waals surface area contributed by atoms with E-state index in [-0.39, 0.29) is 9.90 Å². The number of sulfonamides is 1. The lowest BCUT2D eigenvalue weighted by molar-refractivity contribution is 0.0691. The van der Waals surface area contributed by atoms with Gasteiger partial charge in [0, 0.05) is 5.39 Å². The van der Waals surface area contributed by atoms with Crippen LogP contribution in [-0.4, -0.2) is 24.5 Å². The predicted octanol–water partition coefficient (Wildman–Crippen LogP) is 3.35. The van der Waals surface area contributed by atoms with Gasteiger partial charge in [0.2, 0.25) is 0 Å². The number of aromatic carboxylic acids is 1. The summed E-state index contributed by atoms with van der Waals surface area (Å²) in [6, 6.07) is 6.61. The van der Waals surface area contributed by atoms with Crippen LogP contribution in [0.4, 0.5) is 5.69 Å². The molecule has 2 heterocycles. The average molecular weight is 350 g/mol. The van der Waals surface area contributed by atoms with E-state index in [0.717, 1.165) is 16.9 Å². The molecule has 3 rings (SSSR count). The lowest BCUT2D eigenvalue weighted by Gasteiger charge is -2.09. The minimum atomic E-state index is -3.71. The first kappa shape index (κ1) is 15.6. The van der Waals surface area contributed by atoms with Crippen molar-refractivity contribution in [3.05, 3.63) is 46.5 Å². The molecular formula is C15H14N2O4S2. The fourth-order valence-electron chi connectivity index (χ4n) is 2.38. The number of fused-ring (bicyclic) bond motifs is 1. The zero-order chi connectivity index (χ0) is 16.8. The van der Waals surface area contributed by atoms with Gasteiger partial charge in [-0.25, -0.2) is 13.2 Å². The van der Waals surface area contributed by atoms with Crippen LogP contribution in [0.15, 0.2) is 33.9 Å². The number of carboxylic acid groups (broad SMARTS) is 1. The van der Waals surface area contributed by atoms with E-state index in [4.69, 9.17) is 5.11 Å². The first-order chi connectivity index (χ1) is 10.8. The van der Waals surface area contributed by atoms with E-state index in [0.29, 0.717) is 22.2 Å². The van der Waals surface area contributed by atoms with Crippen LogP contribution in [0, 0.1) is 13.8 Å². The zero-order valence-corrected chi connectivity index (χ0v) is 14.0. The van der Waals surface area contributed by atoms with E-state index >= 15 is 0 Å². The number of nitrogens with one attached hydrogen (secondary N) is 2. The third-order valence-electron chi connectivity index (χ3n) is 3.55. The normalized spacial score (nSPS) is 11.7. The number of H-pyrrole nitrogens is 1. The molecule has 3 aromatic rings. The van der Waals surface area contributed by atoms with Crippen molar-refractivity contribution in [2.75, 3.05) is 4.72 Å². The van der Waals surface area contributed by atoms with Gasteiger partial charge in [-0.3, -0.25) is 4.72 Å². The molecule has 0 fully saturated rings. The van der Waals surface area contributed by atoms with Gasteiger partial charge in [0.05, 0.1) is 11.2 Å². The van der Waals surface area contributed by atoms with E-state index in [1.165, 1.54) is 6.07 Å². The Bertz CT molecular complexity index is 1020. The second-order valence-corrected chi connectivity index (χ2v) is 8.00. The molecule has 0 bridgehead atoms. The van der Waals surface area contributed by atoms with Gasteiger partial charge < -0.3 is 10.1 Å². The summed E-state index contributed by atoms with van der Waals surface area (Å²) in [5.74, 6) is -1.09. The van der Waals surface area contributed by atoms with Crippen LogP contribution in [0.25, 0.3) is 10.9 Å². The molecule has 6 nitrogen and oxygen atoms in total. The maximum Gasteiger partial charge on any atom is 0.352 e. The highest BCUT2D eigenvalue weighted by Gasteiger charge is 2.21. The third kappa shape index (κ3) is 2.71. The quantitative estimate of drug-likeness (QED) is 0.672. The second kappa shape index (κ2) is 5.39. The van der Waals surface area contributed by atoms with Gasteiger partial charge in [-0.2, -0.15) is 0 Å². The molecule has 0 aliphatic heterocycles. The number of aromatic nitrogens is 1. The van der Waals surface area contributed by atoms with Gasteiger partial charge in [-0.1, -0.05) is 6.07 Å². The highest BCUT2D eigenvalue weighted by atomic mass is 32.2. The Hall–Kier alpha value is -2.32. The van der Waals surface area contributed by atoms with E-state index in [9.17, 15) is 13.2 Å². The Kier molecular flexibility index (Phi) is 3.65. The van der Waals surface area contributed by atoms with Crippen LogP contribution in [0.5, 0.6) is 0 Å². The van der Waals surface area contributed by atoms with Gasteiger partial charge >= 0.3 is 5.97 Å². The summed E-state index contributed by atoms with van der Waals surface area (Å²) < 4.78 is 27.8. The van der Waals surface area contributed by atoms with Crippen LogP contribution in [0.2, 0.25) is 0 Å². The lowest BCUT2D eigenvalue weighted by atomic mass is 10.1. The van der Waals surface area contributed by atoms with Gasteiger partial charge in [0.15, 0.2) is 0 Å². The summed E-state index contributed by atoms with van der Waals surface area (Å²) in [6.07, 6.45) is 0. The van der Waals surface area contributed by atoms with Gasteiger partial charge in [-0.05, 0) is 48.6 Å². The maximum atomic E-state index is 12.5. The van der Waals surface area contributed by atoms with E-state index in [1.54, 1.807) is 30.5 Å². The molecule has 0 saturated carbocycles. The molecule has 0 atom stereocenters. The van der Waals surface area contributed by atoms with Crippen LogP contribution in [0.1, 0.15) is 21.6 Å². The van der Waals surface area contributed by atoms with E-state index < -0.39 is 16.0 Å². The number of hydrogen-bond acceptors (Lipinski definition) is 4. The van der Waals surface area contributed by atoms with Crippen molar-refractivity contribution in [3.8, 4) is 0 Å². The summed E-state index contributed by atoms with van der Waals surface area (Å²) in [6.45, 7) is 3.57. The molecule has 0 radical (unpaired) electrons. The first-order valence-electron chi connectivity index (χ1n) is 6.72. The molecule has 1 aromatic carbocycles. The monoisotopic (exact) mass is 350 g/mol. The van der Waals surface area contributed by atoms with Crippen molar-refractivity contribution in [2.45, 2.75) is 18.1 Å². The molecule has 8 heteroatoms. The minimum Gasteiger partial charge on any atom is -0.477 e. The van der Waals surface area contributed by atoms with Crippen molar-refractivity contribution in [1.82, 2.24) is 4.98 Å². The van der Waals surface area contributed by atoms with Crippen molar-refractivity contribution in [1.29, 1.82) is 0 Å². The highest BCUT2D eigenvalue weighted by Crippen LogP contribution is 2.30. The number of hydrogen-bond donors (Lipinski definition) is 3. The minimum absolute atomic E-state index is 0.0158. The molecule has 23 heavy (non-hydrogen) atoms. The number of aromatic amines is 1. The standard InChI is InChI=1S/C15H14N2O4S2/c1-8-3-4-11(13-10(8)7-12(16-13)14(18)19)17-23(20,21)15-9(2)5-6-22-15/h3-7,16-17H,1-2H3,(H,18,19). The molecule has 0 amide bonds. The summed E-state index contributed by atoms with van der Waals surface area (Å²) in [4.78, 5) is 13.9. The Morgan fingerprint density at radius 2 is 1.96 bits per heavy atom. The molecular weight excluding hydrogens is 336 g/mol. The fraction of sp³-hybridized carbons (Fsp3) is 0.133. The Morgan fingerprint density at radius 1 is 1.22 bits per heavy atom. The van der Waals surface area contributed by atoms with Crippen molar-refractivity contribution < 1.29 is 18.3 Å². The van der Waals surface area contributed by atoms with Crippen LogP contribution >= 0.6 is 11.3 Å². The number of rotatable bonds is 4. The molecule has 0 aliphatic carbocycles. The third-order valence-corrected chi connectivity index (χ3v) is 6.60.